The minimum Gasteiger partial charge on any atom is -0.287 e. The molecular formula is C7H4Br2OS. The first kappa shape index (κ1) is 9.16. The van der Waals surface area contributed by atoms with E-state index in [2.05, 4.69) is 31.9 Å². The number of carbonyl (C=O) groups excluding carboxylic acids is 1. The van der Waals surface area contributed by atoms with E-state index < -0.39 is 0 Å². The molecule has 4 heteroatoms. The molecule has 0 aliphatic rings. The smallest absolute Gasteiger partial charge is 0.210 e. The van der Waals surface area contributed by atoms with Crippen molar-refractivity contribution in [3.8, 4) is 0 Å². The summed E-state index contributed by atoms with van der Waals surface area (Å²) in [6.07, 6.45) is 0. The molecule has 0 amide bonds. The first-order valence-electron chi connectivity index (χ1n) is 2.80. The zero-order chi connectivity index (χ0) is 8.27. The van der Waals surface area contributed by atoms with Crippen LogP contribution in [0.1, 0.15) is 9.67 Å². The van der Waals surface area contributed by atoms with E-state index >= 15 is 0 Å². The summed E-state index contributed by atoms with van der Waals surface area (Å²) in [6.45, 7) is 0. The fourth-order valence-corrected chi connectivity index (χ4v) is 1.81. The second kappa shape index (κ2) is 4.18. The predicted molar refractivity (Wildman–Crippen MR) is 54.6 cm³/mol. The van der Waals surface area contributed by atoms with E-state index in [1.165, 1.54) is 11.3 Å². The summed E-state index contributed by atoms with van der Waals surface area (Å²) in [4.78, 5) is 13.6. The Balaban J connectivity index is 2.87. The minimum atomic E-state index is 0.0110. The van der Waals surface area contributed by atoms with E-state index in [1.54, 1.807) is 11.1 Å². The minimum absolute atomic E-state index is 0.0110. The lowest BCUT2D eigenvalue weighted by atomic mass is 10.3. The number of thiophene rings is 1. The first-order chi connectivity index (χ1) is 5.25. The van der Waals surface area contributed by atoms with Crippen LogP contribution in [-0.2, 0) is 0 Å². The Morgan fingerprint density at radius 1 is 1.64 bits per heavy atom. The molecule has 0 spiro atoms. The zero-order valence-corrected chi connectivity index (χ0v) is 9.37. The number of ketones is 1. The lowest BCUT2D eigenvalue weighted by molar-refractivity contribution is 0.104. The highest BCUT2D eigenvalue weighted by Gasteiger charge is 2.08. The van der Waals surface area contributed by atoms with Gasteiger partial charge < -0.3 is 0 Å². The predicted octanol–water partition coefficient (Wildman–Crippen LogP) is 3.56. The van der Waals surface area contributed by atoms with Gasteiger partial charge in [-0.15, -0.1) is 11.3 Å². The van der Waals surface area contributed by atoms with Crippen LogP contribution in [0.25, 0.3) is 0 Å². The third-order valence-corrected chi connectivity index (χ3v) is 3.59. The van der Waals surface area contributed by atoms with Crippen LogP contribution in [0.15, 0.2) is 27.0 Å². The maximum atomic E-state index is 11.3. The highest BCUT2D eigenvalue weighted by Crippen LogP contribution is 2.18. The quantitative estimate of drug-likeness (QED) is 0.602. The highest BCUT2D eigenvalue weighted by atomic mass is 79.9. The first-order valence-corrected chi connectivity index (χ1v) is 5.38. The Hall–Kier alpha value is 0.0700. The van der Waals surface area contributed by atoms with Crippen LogP contribution in [0, 0.1) is 0 Å². The molecule has 0 bridgehead atoms. The molecule has 0 atom stereocenters. The number of halogens is 2. The van der Waals surface area contributed by atoms with Gasteiger partial charge in [-0.2, -0.15) is 0 Å². The van der Waals surface area contributed by atoms with Crippen LogP contribution in [0.2, 0.25) is 0 Å². The Bertz CT molecular complexity index is 277. The van der Waals surface area contributed by atoms with E-state index in [0.29, 0.717) is 4.48 Å². The molecule has 1 aromatic rings. The number of carbonyl (C=O) groups is 1. The van der Waals surface area contributed by atoms with E-state index in [1.807, 2.05) is 11.4 Å². The van der Waals surface area contributed by atoms with Gasteiger partial charge in [0.25, 0.3) is 0 Å². The monoisotopic (exact) mass is 294 g/mol. The van der Waals surface area contributed by atoms with Gasteiger partial charge in [-0.3, -0.25) is 4.79 Å². The topological polar surface area (TPSA) is 17.1 Å². The van der Waals surface area contributed by atoms with Crippen molar-refractivity contribution in [2.45, 2.75) is 0 Å². The van der Waals surface area contributed by atoms with Gasteiger partial charge in [0.2, 0.25) is 5.78 Å². The molecule has 1 rings (SSSR count). The molecule has 0 N–H and O–H groups in total. The second-order valence-electron chi connectivity index (χ2n) is 1.76. The van der Waals surface area contributed by atoms with Crippen molar-refractivity contribution < 1.29 is 4.79 Å². The van der Waals surface area contributed by atoms with Crippen LogP contribution in [0.4, 0.5) is 0 Å². The summed E-state index contributed by atoms with van der Waals surface area (Å²) in [5, 5.41) is 1.88. The third-order valence-electron chi connectivity index (χ3n) is 1.06. The van der Waals surface area contributed by atoms with Crippen molar-refractivity contribution in [1.82, 2.24) is 0 Å². The van der Waals surface area contributed by atoms with Crippen molar-refractivity contribution >= 4 is 49.0 Å². The normalized spacial score (nSPS) is 11.6. The van der Waals surface area contributed by atoms with Gasteiger partial charge >= 0.3 is 0 Å². The van der Waals surface area contributed by atoms with Gasteiger partial charge in [0.1, 0.15) is 0 Å². The number of rotatable bonds is 2. The van der Waals surface area contributed by atoms with E-state index in [-0.39, 0.29) is 5.78 Å². The molecule has 11 heavy (non-hydrogen) atoms. The summed E-state index contributed by atoms with van der Waals surface area (Å²) in [5.74, 6) is 0.0110. The van der Waals surface area contributed by atoms with Gasteiger partial charge in [-0.25, -0.2) is 0 Å². The van der Waals surface area contributed by atoms with E-state index in [0.717, 1.165) is 4.88 Å². The third kappa shape index (κ3) is 2.25. The Labute approximate surface area is 85.4 Å². The maximum Gasteiger partial charge on any atom is 0.210 e. The molecular weight excluding hydrogens is 292 g/mol. The van der Waals surface area contributed by atoms with Gasteiger partial charge in [-0.1, -0.05) is 22.0 Å². The lowest BCUT2D eigenvalue weighted by Gasteiger charge is -1.91. The average Bonchev–Trinajstić information content (AvgIpc) is 2.53. The number of allylic oxidation sites excluding steroid dienone is 1. The summed E-state index contributed by atoms with van der Waals surface area (Å²) >= 11 is 7.64. The Kier molecular flexibility index (Phi) is 3.48. The summed E-state index contributed by atoms with van der Waals surface area (Å²) in [7, 11) is 0. The molecule has 0 aliphatic carbocycles. The second-order valence-corrected chi connectivity index (χ2v) is 4.02. The average molecular weight is 296 g/mol. The van der Waals surface area contributed by atoms with Crippen LogP contribution in [0.3, 0.4) is 0 Å². The highest BCUT2D eigenvalue weighted by molar-refractivity contribution is 9.14. The Morgan fingerprint density at radius 2 is 2.36 bits per heavy atom. The summed E-state index contributed by atoms with van der Waals surface area (Å²) in [6, 6.07) is 3.65. The SMILES string of the molecule is O=C(/C(Br)=C/Br)c1cccs1. The van der Waals surface area contributed by atoms with Gasteiger partial charge in [0, 0.05) is 0 Å². The Morgan fingerprint density at radius 3 is 2.82 bits per heavy atom. The largest absolute Gasteiger partial charge is 0.287 e. The van der Waals surface area contributed by atoms with Gasteiger partial charge in [0.15, 0.2) is 0 Å². The van der Waals surface area contributed by atoms with Crippen molar-refractivity contribution in [3.05, 3.63) is 31.9 Å². The van der Waals surface area contributed by atoms with Gasteiger partial charge in [-0.05, 0) is 32.4 Å². The van der Waals surface area contributed by atoms with E-state index in [9.17, 15) is 4.79 Å². The lowest BCUT2D eigenvalue weighted by Crippen LogP contribution is -1.93. The van der Waals surface area contributed by atoms with Crippen molar-refractivity contribution in [2.75, 3.05) is 0 Å². The molecule has 1 heterocycles. The number of hydrogen-bond donors (Lipinski definition) is 0. The van der Waals surface area contributed by atoms with Crippen LogP contribution >= 0.6 is 43.2 Å². The van der Waals surface area contributed by atoms with Crippen LogP contribution in [-0.4, -0.2) is 5.78 Å². The molecule has 0 aromatic carbocycles. The molecule has 0 unspecified atom stereocenters. The van der Waals surface area contributed by atoms with Crippen LogP contribution < -0.4 is 0 Å². The fourth-order valence-electron chi connectivity index (χ4n) is 0.575. The molecule has 0 radical (unpaired) electrons. The van der Waals surface area contributed by atoms with Crippen molar-refractivity contribution in [2.24, 2.45) is 0 Å². The zero-order valence-electron chi connectivity index (χ0n) is 5.38. The maximum absolute atomic E-state index is 11.3. The summed E-state index contributed by atoms with van der Waals surface area (Å²) in [5.41, 5.74) is 0. The van der Waals surface area contributed by atoms with E-state index in [4.69, 9.17) is 0 Å². The number of Topliss-reactive ketones (excluding diaryl/α,β-unsaturated/α-hetero) is 1. The van der Waals surface area contributed by atoms with Gasteiger partial charge in [0.05, 0.1) is 9.36 Å². The molecule has 0 saturated heterocycles. The fraction of sp³-hybridized carbons (Fsp3) is 0. The molecule has 1 aromatic heterocycles. The number of hydrogen-bond acceptors (Lipinski definition) is 2. The van der Waals surface area contributed by atoms with Crippen molar-refractivity contribution in [3.63, 3.8) is 0 Å². The van der Waals surface area contributed by atoms with Crippen molar-refractivity contribution in [1.29, 1.82) is 0 Å². The van der Waals surface area contributed by atoms with Crippen LogP contribution in [0.5, 0.6) is 0 Å². The molecule has 1 nitrogen and oxygen atoms in total. The summed E-state index contributed by atoms with van der Waals surface area (Å²) < 4.78 is 0.542. The molecule has 0 fully saturated rings. The standard InChI is InChI=1S/C7H4Br2OS/c8-4-5(9)7(10)6-2-1-3-11-6/h1-4H/b5-4-. The molecule has 0 saturated carbocycles. The molecule has 0 aliphatic heterocycles. The molecule has 58 valence electrons.